The molecule has 0 spiro atoms. The third kappa shape index (κ3) is 1.07. The zero-order valence-corrected chi connectivity index (χ0v) is 13.5. The van der Waals surface area contributed by atoms with E-state index in [4.69, 9.17) is 0 Å². The Labute approximate surface area is 134 Å². The fourth-order valence-electron chi connectivity index (χ4n) is 6.00. The molecule has 7 unspecified atom stereocenters. The van der Waals surface area contributed by atoms with Crippen molar-refractivity contribution in [3.8, 4) is 0 Å². The first-order valence-corrected chi connectivity index (χ1v) is 8.58. The van der Waals surface area contributed by atoms with Gasteiger partial charge in [0.1, 0.15) is 17.2 Å². The Morgan fingerprint density at radius 2 is 1.95 bits per heavy atom. The molecule has 4 aliphatic carbocycles. The summed E-state index contributed by atoms with van der Waals surface area (Å²) in [6.45, 7) is 2.36. The normalized spacial score (nSPS) is 50.8. The minimum atomic E-state index is -0.784. The lowest BCUT2D eigenvalue weighted by Crippen LogP contribution is -3.00. The molecule has 4 fully saturated rings. The first-order chi connectivity index (χ1) is 9.93. The standard InChI is InChI=1S/C16H14F2INO/c1-15-6-5-16(10(6)11(15)12(16)13(15)19)20-14(21)9-7(17)3-2-4-8(9)18/h2-4,6,10-13H,5H2,1H3,(H,20,21). The minimum Gasteiger partial charge on any atom is -0.346 e. The summed E-state index contributed by atoms with van der Waals surface area (Å²) in [6, 6.07) is 3.55. The summed E-state index contributed by atoms with van der Waals surface area (Å²) in [5.74, 6) is 0.312. The van der Waals surface area contributed by atoms with Gasteiger partial charge >= 0.3 is 0 Å². The maximum atomic E-state index is 13.7. The molecule has 7 atom stereocenters. The topological polar surface area (TPSA) is 29.1 Å². The molecule has 1 aromatic rings. The molecule has 2 nitrogen and oxygen atoms in total. The van der Waals surface area contributed by atoms with Crippen LogP contribution < -0.4 is 5.32 Å². The molecule has 110 valence electrons. The van der Waals surface area contributed by atoms with Crippen molar-refractivity contribution in [2.75, 3.05) is 0 Å². The van der Waals surface area contributed by atoms with E-state index in [1.165, 1.54) is 6.07 Å². The first kappa shape index (κ1) is 12.8. The minimum absolute atomic E-state index is 0.176. The van der Waals surface area contributed by atoms with Crippen LogP contribution in [-0.2, 0) is 0 Å². The maximum absolute atomic E-state index is 13.7. The molecule has 1 aromatic carbocycles. The lowest BCUT2D eigenvalue weighted by molar-refractivity contribution is -0.426. The molecule has 0 aromatic heterocycles. The highest BCUT2D eigenvalue weighted by molar-refractivity contribution is 14.1. The van der Waals surface area contributed by atoms with Gasteiger partial charge in [0, 0.05) is 9.46 Å². The Balaban J connectivity index is 1.44. The Hall–Kier alpha value is -0.720. The summed E-state index contributed by atoms with van der Waals surface area (Å²) in [5.41, 5.74) is -0.152. The van der Waals surface area contributed by atoms with Gasteiger partial charge in [0.2, 0.25) is 0 Å². The van der Waals surface area contributed by atoms with E-state index in [1.807, 2.05) is 0 Å². The van der Waals surface area contributed by atoms with E-state index >= 15 is 0 Å². The lowest BCUT2D eigenvalue weighted by atomic mass is 9.12. The Morgan fingerprint density at radius 1 is 1.29 bits per heavy atom. The first-order valence-electron chi connectivity index (χ1n) is 7.33. The number of carbonyl (C=O) groups is 1. The average Bonchev–Trinajstić information content (AvgIpc) is 2.41. The van der Waals surface area contributed by atoms with Crippen molar-refractivity contribution in [3.05, 3.63) is 35.4 Å². The Kier molecular flexibility index (Phi) is 2.09. The van der Waals surface area contributed by atoms with Gasteiger partial charge < -0.3 is 5.32 Å². The molecule has 4 aliphatic rings. The molecule has 0 heterocycles. The molecule has 0 saturated heterocycles. The maximum Gasteiger partial charge on any atom is 0.257 e. The van der Waals surface area contributed by atoms with Crippen LogP contribution in [0.3, 0.4) is 0 Å². The number of alkyl halides is 1. The summed E-state index contributed by atoms with van der Waals surface area (Å²) >= 11 is 2.50. The second-order valence-electron chi connectivity index (χ2n) is 7.25. The molecular formula is C16H14F2INO. The summed E-state index contributed by atoms with van der Waals surface area (Å²) in [7, 11) is 0. The molecule has 5 rings (SSSR count). The molecular weight excluding hydrogens is 387 g/mol. The SMILES string of the molecule is CC12C(I)C3C1C1C2CC31NC(=O)c1c(F)cccc1F. The van der Waals surface area contributed by atoms with E-state index in [0.29, 0.717) is 27.1 Å². The van der Waals surface area contributed by atoms with Gasteiger partial charge in [-0.3, -0.25) is 4.79 Å². The van der Waals surface area contributed by atoms with Crippen LogP contribution in [0.5, 0.6) is 0 Å². The molecule has 21 heavy (non-hydrogen) atoms. The zero-order chi connectivity index (χ0) is 14.7. The molecule has 0 bridgehead atoms. The number of rotatable bonds is 2. The number of halogens is 3. The third-order valence-corrected chi connectivity index (χ3v) is 9.03. The van der Waals surface area contributed by atoms with E-state index < -0.39 is 23.1 Å². The highest BCUT2D eigenvalue weighted by atomic mass is 127. The summed E-state index contributed by atoms with van der Waals surface area (Å²) < 4.78 is 28.1. The van der Waals surface area contributed by atoms with Crippen LogP contribution in [0, 0.1) is 40.7 Å². The van der Waals surface area contributed by atoms with Crippen molar-refractivity contribution < 1.29 is 13.6 Å². The van der Waals surface area contributed by atoms with E-state index in [-0.39, 0.29) is 5.54 Å². The van der Waals surface area contributed by atoms with Gasteiger partial charge in [-0.25, -0.2) is 8.78 Å². The lowest BCUT2D eigenvalue weighted by Gasteiger charge is -2.96. The van der Waals surface area contributed by atoms with Crippen LogP contribution in [0.15, 0.2) is 18.2 Å². The molecule has 0 aliphatic heterocycles. The number of carbonyl (C=O) groups excluding carboxylic acids is 1. The smallest absolute Gasteiger partial charge is 0.257 e. The molecule has 1 N–H and O–H groups in total. The van der Waals surface area contributed by atoms with Crippen LogP contribution in [0.2, 0.25) is 0 Å². The van der Waals surface area contributed by atoms with Crippen molar-refractivity contribution in [2.45, 2.75) is 22.8 Å². The average molecular weight is 401 g/mol. The van der Waals surface area contributed by atoms with E-state index in [9.17, 15) is 13.6 Å². The van der Waals surface area contributed by atoms with Crippen molar-refractivity contribution in [1.29, 1.82) is 0 Å². The second-order valence-corrected chi connectivity index (χ2v) is 8.59. The van der Waals surface area contributed by atoms with Crippen molar-refractivity contribution >= 4 is 28.5 Å². The fourth-order valence-corrected chi connectivity index (χ4v) is 7.96. The summed E-state index contributed by atoms with van der Waals surface area (Å²) in [4.78, 5) is 12.4. The molecule has 0 radical (unpaired) electrons. The van der Waals surface area contributed by atoms with Gasteiger partial charge in [-0.15, -0.1) is 0 Å². The second kappa shape index (κ2) is 3.44. The molecule has 4 saturated carbocycles. The van der Waals surface area contributed by atoms with Crippen molar-refractivity contribution in [3.63, 3.8) is 0 Å². The van der Waals surface area contributed by atoms with Gasteiger partial charge in [0.15, 0.2) is 0 Å². The van der Waals surface area contributed by atoms with E-state index in [0.717, 1.165) is 24.5 Å². The zero-order valence-electron chi connectivity index (χ0n) is 11.4. The van der Waals surface area contributed by atoms with E-state index in [1.54, 1.807) is 0 Å². The van der Waals surface area contributed by atoms with E-state index in [2.05, 4.69) is 34.8 Å². The van der Waals surface area contributed by atoms with Crippen molar-refractivity contribution in [1.82, 2.24) is 5.32 Å². The van der Waals surface area contributed by atoms with Gasteiger partial charge in [0.25, 0.3) is 5.91 Å². The largest absolute Gasteiger partial charge is 0.346 e. The molecule has 5 heteroatoms. The number of amides is 1. The number of nitrogens with one attached hydrogen (secondary N) is 1. The Bertz CT molecular complexity index is 672. The predicted octanol–water partition coefficient (Wildman–Crippen LogP) is 3.15. The Morgan fingerprint density at radius 3 is 2.48 bits per heavy atom. The van der Waals surface area contributed by atoms with Crippen LogP contribution in [0.1, 0.15) is 23.7 Å². The van der Waals surface area contributed by atoms with Crippen LogP contribution in [-0.4, -0.2) is 15.4 Å². The quantitative estimate of drug-likeness (QED) is 0.599. The van der Waals surface area contributed by atoms with Gasteiger partial charge in [-0.1, -0.05) is 35.6 Å². The number of fused-ring (bicyclic) bond motifs is 2. The highest BCUT2D eigenvalue weighted by Crippen LogP contribution is 2.92. The number of hydrogen-bond acceptors (Lipinski definition) is 1. The van der Waals surface area contributed by atoms with Crippen molar-refractivity contribution in [2.24, 2.45) is 29.1 Å². The highest BCUT2D eigenvalue weighted by Gasteiger charge is 2.94. The molecule has 1 amide bonds. The van der Waals surface area contributed by atoms with Crippen LogP contribution in [0.25, 0.3) is 0 Å². The summed E-state index contributed by atoms with van der Waals surface area (Å²) in [6.07, 6.45) is 0.983. The van der Waals surface area contributed by atoms with Gasteiger partial charge in [0.05, 0.1) is 0 Å². The number of hydrogen-bond donors (Lipinski definition) is 1. The monoisotopic (exact) mass is 401 g/mol. The third-order valence-electron chi connectivity index (χ3n) is 6.92. The van der Waals surface area contributed by atoms with Gasteiger partial charge in [-0.05, 0) is 47.6 Å². The summed E-state index contributed by atoms with van der Waals surface area (Å²) in [5, 5.41) is 3.00. The number of benzene rings is 1. The fraction of sp³-hybridized carbons (Fsp3) is 0.562. The van der Waals surface area contributed by atoms with Crippen LogP contribution in [0.4, 0.5) is 8.78 Å². The van der Waals surface area contributed by atoms with Crippen LogP contribution >= 0.6 is 22.6 Å². The predicted molar refractivity (Wildman–Crippen MR) is 81.0 cm³/mol. The van der Waals surface area contributed by atoms with Gasteiger partial charge in [-0.2, -0.15) is 0 Å².